The Morgan fingerprint density at radius 2 is 1.45 bits per heavy atom. The first-order valence-electron chi connectivity index (χ1n) is 6.46. The van der Waals surface area contributed by atoms with Crippen LogP contribution in [-0.4, -0.2) is 53.8 Å². The van der Waals surface area contributed by atoms with Crippen LogP contribution >= 0.6 is 8.25 Å². The molecule has 0 saturated heterocycles. The number of rotatable bonds is 10. The highest BCUT2D eigenvalue weighted by molar-refractivity contribution is 7.33. The molecule has 2 heterocycles. The van der Waals surface area contributed by atoms with Crippen molar-refractivity contribution in [3.63, 3.8) is 0 Å². The second-order valence-electron chi connectivity index (χ2n) is 4.24. The molecule has 0 radical (unpaired) electrons. The van der Waals surface area contributed by atoms with Crippen molar-refractivity contribution < 1.29 is 23.8 Å². The smallest absolute Gasteiger partial charge is 0.385 e. The zero-order valence-corrected chi connectivity index (χ0v) is 12.4. The molecule has 0 aromatic carbocycles. The van der Waals surface area contributed by atoms with Gasteiger partial charge < -0.3 is 10.2 Å². The van der Waals surface area contributed by atoms with E-state index in [2.05, 4.69) is 30.4 Å². The first kappa shape index (κ1) is 16.6. The van der Waals surface area contributed by atoms with Crippen molar-refractivity contribution in [3.8, 4) is 0 Å². The van der Waals surface area contributed by atoms with E-state index in [1.807, 2.05) is 0 Å². The zero-order valence-electron chi connectivity index (χ0n) is 11.5. The van der Waals surface area contributed by atoms with E-state index < -0.39 is 20.5 Å². The van der Waals surface area contributed by atoms with Crippen LogP contribution in [0.2, 0.25) is 0 Å². The summed E-state index contributed by atoms with van der Waals surface area (Å²) in [4.78, 5) is 7.58. The lowest BCUT2D eigenvalue weighted by molar-refractivity contribution is 0.115. The molecule has 0 aliphatic carbocycles. The molecule has 11 nitrogen and oxygen atoms in total. The van der Waals surface area contributed by atoms with Crippen LogP contribution in [0.4, 0.5) is 0 Å². The van der Waals surface area contributed by atoms with Gasteiger partial charge in [0.1, 0.15) is 38.1 Å². The molecule has 0 aliphatic heterocycles. The number of hydrogen-bond donors (Lipinski definition) is 4. The van der Waals surface area contributed by atoms with Crippen LogP contribution in [-0.2, 0) is 13.6 Å². The second-order valence-corrected chi connectivity index (χ2v) is 5.20. The maximum Gasteiger partial charge on any atom is 0.697 e. The number of nitrogens with one attached hydrogen (secondary N) is 2. The van der Waals surface area contributed by atoms with Gasteiger partial charge in [0.2, 0.25) is 0 Å². The highest BCUT2D eigenvalue weighted by Crippen LogP contribution is 2.26. The van der Waals surface area contributed by atoms with E-state index in [9.17, 15) is 14.8 Å². The van der Waals surface area contributed by atoms with Gasteiger partial charge in [-0.3, -0.25) is 10.2 Å². The predicted octanol–water partition coefficient (Wildman–Crippen LogP) is 0.161. The van der Waals surface area contributed by atoms with Gasteiger partial charge in [0, 0.05) is 17.4 Å². The minimum absolute atomic E-state index is 0.0295. The monoisotopic (exact) mass is 331 g/mol. The van der Waals surface area contributed by atoms with E-state index in [0.29, 0.717) is 11.6 Å². The summed E-state index contributed by atoms with van der Waals surface area (Å²) in [6.45, 7) is 0.0590. The standard InChI is InChI=1S/C10H16N6O5P/c17-7(9-11-5-13-15-9)1-3-20-22(19)21-4-2-8(18)10-12-6-14-16-10/h5-8,17-18H,1-4H2,(H,11,13,15)(H,12,14,16)/q+1. The summed E-state index contributed by atoms with van der Waals surface area (Å²) in [6, 6.07) is 0. The highest BCUT2D eigenvalue weighted by atomic mass is 31.1. The molecule has 2 atom stereocenters. The van der Waals surface area contributed by atoms with Crippen LogP contribution in [0.3, 0.4) is 0 Å². The Hall–Kier alpha value is -1.78. The van der Waals surface area contributed by atoms with Crippen molar-refractivity contribution in [2.45, 2.75) is 25.0 Å². The number of aliphatic hydroxyl groups excluding tert-OH is 2. The molecule has 4 N–H and O–H groups in total. The summed E-state index contributed by atoms with van der Waals surface area (Å²) >= 11 is 0. The van der Waals surface area contributed by atoms with Crippen LogP contribution in [0.1, 0.15) is 36.7 Å². The molecule has 0 amide bonds. The molecule has 0 bridgehead atoms. The number of aromatic amines is 2. The first-order chi connectivity index (χ1) is 10.7. The van der Waals surface area contributed by atoms with Crippen LogP contribution in [0.5, 0.6) is 0 Å². The average molecular weight is 331 g/mol. The van der Waals surface area contributed by atoms with E-state index in [4.69, 9.17) is 9.05 Å². The molecule has 0 aliphatic rings. The van der Waals surface area contributed by atoms with Crippen molar-refractivity contribution in [1.82, 2.24) is 30.4 Å². The summed E-state index contributed by atoms with van der Waals surface area (Å²) in [5.41, 5.74) is 0. The number of hydrogen-bond acceptors (Lipinski definition) is 9. The van der Waals surface area contributed by atoms with Gasteiger partial charge in [0.05, 0.1) is 0 Å². The largest absolute Gasteiger partial charge is 0.697 e. The maximum absolute atomic E-state index is 11.4. The van der Waals surface area contributed by atoms with Gasteiger partial charge in [-0.1, -0.05) is 0 Å². The van der Waals surface area contributed by atoms with Crippen molar-refractivity contribution in [2.75, 3.05) is 13.2 Å². The molecular weight excluding hydrogens is 315 g/mol. The Balaban J connectivity index is 1.56. The number of H-pyrrole nitrogens is 2. The highest BCUT2D eigenvalue weighted by Gasteiger charge is 2.23. The van der Waals surface area contributed by atoms with Crippen LogP contribution in [0, 0.1) is 0 Å². The van der Waals surface area contributed by atoms with Crippen molar-refractivity contribution >= 4 is 8.25 Å². The molecule has 2 aromatic rings. The number of nitrogens with zero attached hydrogens (tertiary/aromatic N) is 4. The molecular formula is C10H16N6O5P+. The van der Waals surface area contributed by atoms with Crippen molar-refractivity contribution in [3.05, 3.63) is 24.3 Å². The van der Waals surface area contributed by atoms with Crippen LogP contribution in [0.15, 0.2) is 12.7 Å². The third-order valence-corrected chi connectivity index (χ3v) is 3.46. The maximum atomic E-state index is 11.4. The van der Waals surface area contributed by atoms with Gasteiger partial charge in [-0.2, -0.15) is 10.2 Å². The molecule has 120 valence electrons. The van der Waals surface area contributed by atoms with E-state index in [1.54, 1.807) is 0 Å². The molecule has 12 heteroatoms. The van der Waals surface area contributed by atoms with Gasteiger partial charge in [0.15, 0.2) is 11.6 Å². The Morgan fingerprint density at radius 1 is 1.00 bits per heavy atom. The molecule has 0 spiro atoms. The fourth-order valence-electron chi connectivity index (χ4n) is 1.54. The minimum Gasteiger partial charge on any atom is -0.385 e. The number of aliphatic hydroxyl groups is 2. The normalized spacial score (nSPS) is 14.7. The number of aromatic nitrogens is 6. The lowest BCUT2D eigenvalue weighted by Gasteiger charge is -2.04. The van der Waals surface area contributed by atoms with E-state index in [0.717, 1.165) is 0 Å². The summed E-state index contributed by atoms with van der Waals surface area (Å²) < 4.78 is 21.3. The molecule has 0 saturated carbocycles. The fourth-order valence-corrected chi connectivity index (χ4v) is 2.12. The van der Waals surface area contributed by atoms with Gasteiger partial charge >= 0.3 is 8.25 Å². The predicted molar refractivity (Wildman–Crippen MR) is 71.4 cm³/mol. The topological polar surface area (TPSA) is 159 Å². The third-order valence-electron chi connectivity index (χ3n) is 2.67. The summed E-state index contributed by atoms with van der Waals surface area (Å²) in [5, 5.41) is 31.6. The van der Waals surface area contributed by atoms with E-state index >= 15 is 0 Å². The second kappa shape index (κ2) is 8.61. The molecule has 22 heavy (non-hydrogen) atoms. The molecule has 2 rings (SSSR count). The Bertz CT molecular complexity index is 502. The fraction of sp³-hybridized carbons (Fsp3) is 0.600. The zero-order chi connectivity index (χ0) is 15.8. The Morgan fingerprint density at radius 3 is 1.82 bits per heavy atom. The summed E-state index contributed by atoms with van der Waals surface area (Å²) in [7, 11) is -2.32. The van der Waals surface area contributed by atoms with Gasteiger partial charge in [-0.15, -0.1) is 9.05 Å². The van der Waals surface area contributed by atoms with Crippen LogP contribution in [0.25, 0.3) is 0 Å². The lowest BCUT2D eigenvalue weighted by Crippen LogP contribution is -2.05. The molecule has 0 fully saturated rings. The van der Waals surface area contributed by atoms with Crippen molar-refractivity contribution in [1.29, 1.82) is 0 Å². The van der Waals surface area contributed by atoms with Crippen molar-refractivity contribution in [2.24, 2.45) is 0 Å². The Labute approximate surface area is 126 Å². The van der Waals surface area contributed by atoms with E-state index in [1.165, 1.54) is 12.7 Å². The minimum atomic E-state index is -2.32. The SMILES string of the molecule is O=[P+](OCCC(O)c1ncn[nH]1)OCCC(O)c1ncn[nH]1. The van der Waals surface area contributed by atoms with Gasteiger partial charge in [-0.25, -0.2) is 9.97 Å². The quantitative estimate of drug-likeness (QED) is 0.445. The van der Waals surface area contributed by atoms with Gasteiger partial charge in [-0.05, 0) is 0 Å². The third kappa shape index (κ3) is 5.20. The van der Waals surface area contributed by atoms with Crippen LogP contribution < -0.4 is 0 Å². The Kier molecular flexibility index (Phi) is 6.49. The average Bonchev–Trinajstić information content (AvgIpc) is 3.20. The first-order valence-corrected chi connectivity index (χ1v) is 7.56. The molecule has 2 aromatic heterocycles. The molecule has 2 unspecified atom stereocenters. The van der Waals surface area contributed by atoms with Gasteiger partial charge in [0.25, 0.3) is 0 Å². The lowest BCUT2D eigenvalue weighted by atomic mass is 10.2. The van der Waals surface area contributed by atoms with E-state index in [-0.39, 0.29) is 26.1 Å². The summed E-state index contributed by atoms with van der Waals surface area (Å²) in [6.07, 6.45) is 1.20. The summed E-state index contributed by atoms with van der Waals surface area (Å²) in [5.74, 6) is 0.629.